The average molecular weight is 196 g/mol. The van der Waals surface area contributed by atoms with Crippen molar-refractivity contribution in [1.82, 2.24) is 9.55 Å². The molecule has 0 N–H and O–H groups in total. The van der Waals surface area contributed by atoms with Crippen molar-refractivity contribution in [2.24, 2.45) is 13.0 Å². The summed E-state index contributed by atoms with van der Waals surface area (Å²) in [7, 11) is 3.46. The number of rotatable bonds is 5. The lowest BCUT2D eigenvalue weighted by Crippen LogP contribution is -2.14. The molecule has 0 aromatic carbocycles. The molecule has 0 aliphatic heterocycles. The molecule has 0 radical (unpaired) electrons. The van der Waals surface area contributed by atoms with Crippen LogP contribution in [0.25, 0.3) is 0 Å². The van der Waals surface area contributed by atoms with Crippen LogP contribution in [0.1, 0.15) is 24.0 Å². The van der Waals surface area contributed by atoms with E-state index in [1.54, 1.807) is 24.1 Å². The first-order valence-corrected chi connectivity index (χ1v) is 4.64. The van der Waals surface area contributed by atoms with Gasteiger partial charge in [0.15, 0.2) is 11.6 Å². The van der Waals surface area contributed by atoms with Crippen LogP contribution in [0.4, 0.5) is 0 Å². The predicted molar refractivity (Wildman–Crippen MR) is 53.2 cm³/mol. The second-order valence-corrected chi connectivity index (χ2v) is 3.55. The van der Waals surface area contributed by atoms with Crippen molar-refractivity contribution in [3.63, 3.8) is 0 Å². The zero-order valence-electron chi connectivity index (χ0n) is 8.86. The van der Waals surface area contributed by atoms with Crippen molar-refractivity contribution in [2.45, 2.75) is 13.3 Å². The number of carbonyl (C=O) groups excluding carboxylic acids is 1. The van der Waals surface area contributed by atoms with Gasteiger partial charge < -0.3 is 9.30 Å². The maximum absolute atomic E-state index is 11.7. The number of methoxy groups -OCH3 is 1. The molecule has 0 saturated heterocycles. The average Bonchev–Trinajstić information content (AvgIpc) is 2.51. The van der Waals surface area contributed by atoms with Crippen molar-refractivity contribution in [3.05, 3.63) is 18.2 Å². The third-order valence-electron chi connectivity index (χ3n) is 2.06. The lowest BCUT2D eigenvalue weighted by molar-refractivity contribution is 0.0907. The third kappa shape index (κ3) is 2.67. The number of ether oxygens (including phenoxy) is 1. The molecule has 1 aromatic rings. The Hall–Kier alpha value is -1.16. The molecular formula is C10H16N2O2. The molecule has 0 spiro atoms. The highest BCUT2D eigenvalue weighted by molar-refractivity contribution is 5.92. The Bertz CT molecular complexity index is 307. The van der Waals surface area contributed by atoms with Crippen molar-refractivity contribution in [1.29, 1.82) is 0 Å². The summed E-state index contributed by atoms with van der Waals surface area (Å²) in [5, 5.41) is 0. The molecule has 1 unspecified atom stereocenters. The van der Waals surface area contributed by atoms with E-state index in [2.05, 4.69) is 4.98 Å². The summed E-state index contributed by atoms with van der Waals surface area (Å²) >= 11 is 0. The Morgan fingerprint density at radius 3 is 2.93 bits per heavy atom. The van der Waals surface area contributed by atoms with E-state index in [0.29, 0.717) is 18.9 Å². The number of hydrogen-bond donors (Lipinski definition) is 0. The highest BCUT2D eigenvalue weighted by Crippen LogP contribution is 2.08. The first-order chi connectivity index (χ1) is 6.65. The highest BCUT2D eigenvalue weighted by atomic mass is 16.5. The lowest BCUT2D eigenvalue weighted by Gasteiger charge is -2.08. The molecule has 1 heterocycles. The van der Waals surface area contributed by atoms with Crippen LogP contribution < -0.4 is 0 Å². The Balaban J connectivity index is 2.55. The number of ketones is 1. The first-order valence-electron chi connectivity index (χ1n) is 4.64. The Morgan fingerprint density at radius 2 is 2.43 bits per heavy atom. The van der Waals surface area contributed by atoms with Crippen LogP contribution in [0.5, 0.6) is 0 Å². The van der Waals surface area contributed by atoms with Crippen LogP contribution in [0.15, 0.2) is 12.4 Å². The minimum atomic E-state index is 0.0713. The SMILES string of the molecule is COCC(C)CC(=O)c1nccn1C. The predicted octanol–water partition coefficient (Wildman–Crippen LogP) is 1.28. The van der Waals surface area contributed by atoms with E-state index in [-0.39, 0.29) is 11.7 Å². The van der Waals surface area contributed by atoms with Gasteiger partial charge in [-0.05, 0) is 5.92 Å². The molecule has 1 aromatic heterocycles. The molecule has 0 aliphatic rings. The zero-order valence-corrected chi connectivity index (χ0v) is 8.86. The number of carbonyl (C=O) groups is 1. The highest BCUT2D eigenvalue weighted by Gasteiger charge is 2.14. The molecule has 0 aliphatic carbocycles. The minimum absolute atomic E-state index is 0.0713. The van der Waals surface area contributed by atoms with Crippen LogP contribution in [-0.4, -0.2) is 29.1 Å². The standard InChI is InChI=1S/C10H16N2O2/c1-8(7-14-3)6-9(13)10-11-4-5-12(10)2/h4-5,8H,6-7H2,1-3H3. The van der Waals surface area contributed by atoms with Crippen LogP contribution in [0.3, 0.4) is 0 Å². The number of imidazole rings is 1. The molecule has 4 heteroatoms. The molecule has 0 saturated carbocycles. The zero-order chi connectivity index (χ0) is 10.6. The molecule has 0 bridgehead atoms. The maximum atomic E-state index is 11.7. The van der Waals surface area contributed by atoms with E-state index >= 15 is 0 Å². The van der Waals surface area contributed by atoms with Gasteiger partial charge in [0.1, 0.15) is 0 Å². The summed E-state index contributed by atoms with van der Waals surface area (Å²) in [5.74, 6) is 0.833. The van der Waals surface area contributed by atoms with Gasteiger partial charge in [-0.1, -0.05) is 6.92 Å². The smallest absolute Gasteiger partial charge is 0.198 e. The molecule has 0 fully saturated rings. The van der Waals surface area contributed by atoms with Crippen molar-refractivity contribution in [3.8, 4) is 0 Å². The topological polar surface area (TPSA) is 44.1 Å². The van der Waals surface area contributed by atoms with Gasteiger partial charge in [0.05, 0.1) is 0 Å². The lowest BCUT2D eigenvalue weighted by atomic mass is 10.1. The Morgan fingerprint density at radius 1 is 1.71 bits per heavy atom. The van der Waals surface area contributed by atoms with Gasteiger partial charge in [-0.25, -0.2) is 4.98 Å². The Kier molecular flexibility index (Phi) is 3.83. The van der Waals surface area contributed by atoms with Crippen LogP contribution in [0.2, 0.25) is 0 Å². The van der Waals surface area contributed by atoms with Crippen molar-refractivity contribution < 1.29 is 9.53 Å². The van der Waals surface area contributed by atoms with Crippen LogP contribution >= 0.6 is 0 Å². The van der Waals surface area contributed by atoms with Gasteiger partial charge in [-0.15, -0.1) is 0 Å². The largest absolute Gasteiger partial charge is 0.384 e. The molecule has 0 amide bonds. The summed E-state index contributed by atoms with van der Waals surface area (Å²) in [4.78, 5) is 15.7. The maximum Gasteiger partial charge on any atom is 0.198 e. The molecule has 14 heavy (non-hydrogen) atoms. The molecular weight excluding hydrogens is 180 g/mol. The second kappa shape index (κ2) is 4.91. The van der Waals surface area contributed by atoms with Gasteiger partial charge in [0.2, 0.25) is 0 Å². The van der Waals surface area contributed by atoms with Crippen molar-refractivity contribution in [2.75, 3.05) is 13.7 Å². The monoisotopic (exact) mass is 196 g/mol. The van der Waals surface area contributed by atoms with Gasteiger partial charge in [-0.2, -0.15) is 0 Å². The summed E-state index contributed by atoms with van der Waals surface area (Å²) in [6.45, 7) is 2.60. The van der Waals surface area contributed by atoms with Gasteiger partial charge in [-0.3, -0.25) is 4.79 Å². The number of aryl methyl sites for hydroxylation is 1. The minimum Gasteiger partial charge on any atom is -0.384 e. The van der Waals surface area contributed by atoms with E-state index in [0.717, 1.165) is 0 Å². The number of nitrogens with zero attached hydrogens (tertiary/aromatic N) is 2. The van der Waals surface area contributed by atoms with E-state index in [4.69, 9.17) is 4.74 Å². The van der Waals surface area contributed by atoms with Crippen molar-refractivity contribution >= 4 is 5.78 Å². The number of Topliss-reactive ketones (excluding diaryl/α,β-unsaturated/α-hetero) is 1. The van der Waals surface area contributed by atoms with Gasteiger partial charge in [0, 0.05) is 39.6 Å². The summed E-state index contributed by atoms with van der Waals surface area (Å²) in [5.41, 5.74) is 0. The molecule has 4 nitrogen and oxygen atoms in total. The third-order valence-corrected chi connectivity index (χ3v) is 2.06. The number of aromatic nitrogens is 2. The molecule has 1 rings (SSSR count). The molecule has 1 atom stereocenters. The number of hydrogen-bond acceptors (Lipinski definition) is 3. The van der Waals surface area contributed by atoms with Gasteiger partial charge in [0.25, 0.3) is 0 Å². The van der Waals surface area contributed by atoms with Crippen LogP contribution in [-0.2, 0) is 11.8 Å². The summed E-state index contributed by atoms with van der Waals surface area (Å²) in [6.07, 6.45) is 3.89. The van der Waals surface area contributed by atoms with E-state index in [9.17, 15) is 4.79 Å². The van der Waals surface area contributed by atoms with Gasteiger partial charge >= 0.3 is 0 Å². The normalized spacial score (nSPS) is 12.8. The fourth-order valence-electron chi connectivity index (χ4n) is 1.39. The molecule has 78 valence electrons. The quantitative estimate of drug-likeness (QED) is 0.666. The summed E-state index contributed by atoms with van der Waals surface area (Å²) < 4.78 is 6.71. The van der Waals surface area contributed by atoms with E-state index in [1.165, 1.54) is 0 Å². The van der Waals surface area contributed by atoms with E-state index < -0.39 is 0 Å². The van der Waals surface area contributed by atoms with Crippen LogP contribution in [0, 0.1) is 5.92 Å². The fourth-order valence-corrected chi connectivity index (χ4v) is 1.39. The van der Waals surface area contributed by atoms with E-state index in [1.807, 2.05) is 14.0 Å². The summed E-state index contributed by atoms with van der Waals surface area (Å²) in [6, 6.07) is 0. The fraction of sp³-hybridized carbons (Fsp3) is 0.600. The first kappa shape index (κ1) is 10.9. The Labute approximate surface area is 83.9 Å². The second-order valence-electron chi connectivity index (χ2n) is 3.55.